The standard InChI is InChI=1S/C3H3O.Nb.2Zr/c1-2-3-4;;;/h2H,1H2;;;. The van der Waals surface area contributed by atoms with E-state index < -0.39 is 0 Å². The van der Waals surface area contributed by atoms with Crippen molar-refractivity contribution in [3.05, 3.63) is 12.7 Å². The predicted molar refractivity (Wildman–Crippen MR) is 15.2 cm³/mol. The second-order valence-corrected chi connectivity index (χ2v) is 1.78. The van der Waals surface area contributed by atoms with E-state index in [1.165, 1.54) is 6.08 Å². The molecule has 7 heavy (non-hydrogen) atoms. The van der Waals surface area contributed by atoms with Crippen molar-refractivity contribution in [2.45, 2.75) is 0 Å². The second-order valence-electron chi connectivity index (χ2n) is 0.568. The van der Waals surface area contributed by atoms with E-state index in [9.17, 15) is 4.79 Å². The van der Waals surface area contributed by atoms with Crippen LogP contribution in [0.4, 0.5) is 0 Å². The van der Waals surface area contributed by atoms with Crippen LogP contribution >= 0.6 is 0 Å². The van der Waals surface area contributed by atoms with Crippen LogP contribution in [0.1, 0.15) is 0 Å². The average Bonchev–Trinajstić information content (AvgIpc) is 1.38. The molecule has 0 rings (SSSR count). The van der Waals surface area contributed by atoms with E-state index >= 15 is 0 Å². The molecule has 1 radical (unpaired) electrons. The van der Waals surface area contributed by atoms with Crippen LogP contribution < -0.4 is 0 Å². The van der Waals surface area contributed by atoms with Crippen LogP contribution in [0.2, 0.25) is 0 Å². The van der Waals surface area contributed by atoms with Crippen LogP contribution in [0.15, 0.2) is 12.7 Å². The number of carbonyl (C=O) groups is 1. The SMILES string of the molecule is C=C[C](=O)[Zr].[Nb].[Zr]. The number of hydrogen-bond acceptors (Lipinski definition) is 1. The minimum Gasteiger partial charge on any atom is 0 e. The normalized spacial score (nSPS) is 4.43. The van der Waals surface area contributed by atoms with Gasteiger partial charge in [-0.15, -0.1) is 0 Å². The van der Waals surface area contributed by atoms with Gasteiger partial charge < -0.3 is 0 Å². The van der Waals surface area contributed by atoms with E-state index in [2.05, 4.69) is 6.58 Å². The molecule has 0 saturated heterocycles. The molecule has 1 nitrogen and oxygen atoms in total. The molecule has 0 aromatic heterocycles. The minimum atomic E-state index is 0. The molecule has 0 saturated carbocycles. The summed E-state index contributed by atoms with van der Waals surface area (Å²) in [5.41, 5.74) is 0. The minimum absolute atomic E-state index is 0. The summed E-state index contributed by atoms with van der Waals surface area (Å²) in [6, 6.07) is 0. The predicted octanol–water partition coefficient (Wildman–Crippen LogP) is 0.241. The molecule has 0 aliphatic heterocycles. The second kappa shape index (κ2) is 10.8. The van der Waals surface area contributed by atoms with Gasteiger partial charge in [0.05, 0.1) is 0 Å². The van der Waals surface area contributed by atoms with E-state index in [0.717, 1.165) is 24.7 Å². The molecular weight excluding hydrogens is 327 g/mol. The van der Waals surface area contributed by atoms with Crippen LogP contribution in [0.25, 0.3) is 0 Å². The van der Waals surface area contributed by atoms with Gasteiger partial charge in [0.15, 0.2) is 0 Å². The molecule has 0 N–H and O–H groups in total. The third-order valence-corrected chi connectivity index (χ3v) is 0.687. The van der Waals surface area contributed by atoms with Crippen molar-refractivity contribution in [1.29, 1.82) is 0 Å². The largest absolute Gasteiger partial charge is 0 e. The summed E-state index contributed by atoms with van der Waals surface area (Å²) in [7, 11) is 0. The smallest absolute Gasteiger partial charge is 0 e. The van der Waals surface area contributed by atoms with Gasteiger partial charge in [0.1, 0.15) is 0 Å². The molecule has 0 fully saturated rings. The van der Waals surface area contributed by atoms with Crippen molar-refractivity contribution in [3.63, 3.8) is 0 Å². The first-order valence-corrected chi connectivity index (χ1v) is 2.38. The molecule has 0 spiro atoms. The Labute approximate surface area is 92.8 Å². The summed E-state index contributed by atoms with van der Waals surface area (Å²) in [6.07, 6.45) is 1.32. The van der Waals surface area contributed by atoms with Gasteiger partial charge in [-0.25, -0.2) is 0 Å². The fraction of sp³-hybridized carbons (Fsp3) is 0. The maximum atomic E-state index is 9.73. The Morgan fingerprint density at radius 2 is 1.86 bits per heavy atom. The van der Waals surface area contributed by atoms with Crippen molar-refractivity contribution in [3.8, 4) is 0 Å². The van der Waals surface area contributed by atoms with Gasteiger partial charge >= 0.3 is 45.7 Å². The van der Waals surface area contributed by atoms with Crippen LogP contribution in [-0.2, 0) is 78.1 Å². The first-order valence-electron chi connectivity index (χ1n) is 1.15. The van der Waals surface area contributed by atoms with Crippen LogP contribution in [-0.4, -0.2) is 3.49 Å². The number of hydrogen-bond donors (Lipinski definition) is 0. The van der Waals surface area contributed by atoms with Crippen molar-refractivity contribution >= 4 is 3.49 Å². The van der Waals surface area contributed by atoms with E-state index in [-0.39, 0.29) is 52.1 Å². The van der Waals surface area contributed by atoms with Gasteiger partial charge in [0, 0.05) is 48.6 Å². The van der Waals surface area contributed by atoms with Crippen molar-refractivity contribution in [1.82, 2.24) is 0 Å². The Morgan fingerprint density at radius 1 is 1.71 bits per heavy atom. The Morgan fingerprint density at radius 3 is 1.86 bits per heavy atom. The molecule has 0 unspecified atom stereocenters. The van der Waals surface area contributed by atoms with Gasteiger partial charge in [-0.05, 0) is 0 Å². The Balaban J connectivity index is -0.0000000800. The van der Waals surface area contributed by atoms with Crippen molar-refractivity contribution in [2.75, 3.05) is 0 Å². The number of carbonyl (C=O) groups excluding carboxylic acids is 1. The zero-order valence-electron chi connectivity index (χ0n) is 3.64. The summed E-state index contributed by atoms with van der Waals surface area (Å²) in [6.45, 7) is 3.23. The van der Waals surface area contributed by atoms with Crippen LogP contribution in [0, 0.1) is 0 Å². The number of rotatable bonds is 1. The Kier molecular flexibility index (Phi) is 24.7. The maximum absolute atomic E-state index is 9.73. The Hall–Kier alpha value is 1.92. The Bertz CT molecular complexity index is 64.0. The summed E-state index contributed by atoms with van der Waals surface area (Å²) < 4.78 is 0.109. The molecule has 0 bridgehead atoms. The van der Waals surface area contributed by atoms with Gasteiger partial charge in [0.25, 0.3) is 0 Å². The van der Waals surface area contributed by atoms with Gasteiger partial charge in [-0.2, -0.15) is 0 Å². The third-order valence-electron chi connectivity index (χ3n) is 0.185. The molecule has 0 atom stereocenters. The van der Waals surface area contributed by atoms with E-state index in [4.69, 9.17) is 0 Å². The van der Waals surface area contributed by atoms with Crippen LogP contribution in [0.5, 0.6) is 0 Å². The van der Waals surface area contributed by atoms with E-state index in [1.54, 1.807) is 0 Å². The average molecular weight is 330 g/mol. The zero-order chi connectivity index (χ0) is 4.28. The van der Waals surface area contributed by atoms with Crippen molar-refractivity contribution in [2.24, 2.45) is 0 Å². The quantitative estimate of drug-likeness (QED) is 0.497. The fourth-order valence-corrected chi connectivity index (χ4v) is 0. The molecule has 0 aromatic carbocycles. The van der Waals surface area contributed by atoms with Gasteiger partial charge in [-0.3, -0.25) is 0 Å². The first kappa shape index (κ1) is 16.0. The molecule has 0 aromatic rings. The molecule has 0 aliphatic rings. The maximum Gasteiger partial charge on any atom is 0 e. The third kappa shape index (κ3) is 18.1. The monoisotopic (exact) mass is 328 g/mol. The molecular formula is C3H3NbOZr2. The van der Waals surface area contributed by atoms with Gasteiger partial charge in [0.2, 0.25) is 0 Å². The van der Waals surface area contributed by atoms with Crippen LogP contribution in [0.3, 0.4) is 0 Å². The first-order chi connectivity index (χ1) is 2.27. The summed E-state index contributed by atoms with van der Waals surface area (Å²) in [5, 5.41) is 0. The molecule has 0 heterocycles. The van der Waals surface area contributed by atoms with Crippen molar-refractivity contribution < 1.29 is 78.1 Å². The van der Waals surface area contributed by atoms with E-state index in [1.807, 2.05) is 0 Å². The van der Waals surface area contributed by atoms with E-state index in [0.29, 0.717) is 0 Å². The fourth-order valence-electron chi connectivity index (χ4n) is 0. The summed E-state index contributed by atoms with van der Waals surface area (Å²) in [4.78, 5) is 9.73. The molecule has 34 valence electrons. The molecule has 0 aliphatic carbocycles. The summed E-state index contributed by atoms with van der Waals surface area (Å²) in [5.74, 6) is 0. The van der Waals surface area contributed by atoms with Gasteiger partial charge in [-0.1, -0.05) is 0 Å². The zero-order valence-corrected chi connectivity index (χ0v) is 10.8. The molecule has 4 heteroatoms. The summed E-state index contributed by atoms with van der Waals surface area (Å²) >= 11 is 0.913. The molecule has 0 amide bonds. The number of allylic oxidation sites excluding steroid dienone is 1. The topological polar surface area (TPSA) is 17.1 Å².